The van der Waals surface area contributed by atoms with Gasteiger partial charge in [-0.1, -0.05) is 36.9 Å². The summed E-state index contributed by atoms with van der Waals surface area (Å²) in [5.41, 5.74) is 3.60. The first-order valence-electron chi connectivity index (χ1n) is 11.3. The van der Waals surface area contributed by atoms with Gasteiger partial charge in [0.15, 0.2) is 11.5 Å². The molecule has 2 aromatic carbocycles. The van der Waals surface area contributed by atoms with Crippen molar-refractivity contribution < 1.29 is 19.1 Å². The van der Waals surface area contributed by atoms with Crippen LogP contribution in [0.1, 0.15) is 22.9 Å². The van der Waals surface area contributed by atoms with Gasteiger partial charge >= 0.3 is 0 Å². The second kappa shape index (κ2) is 8.32. The van der Waals surface area contributed by atoms with Crippen LogP contribution in [0, 0.1) is 0 Å². The summed E-state index contributed by atoms with van der Waals surface area (Å²) < 4.78 is 11.1. The van der Waals surface area contributed by atoms with Gasteiger partial charge in [-0.25, -0.2) is 4.98 Å². The Balaban J connectivity index is 1.52. The summed E-state index contributed by atoms with van der Waals surface area (Å²) >= 11 is 0. The van der Waals surface area contributed by atoms with Crippen molar-refractivity contribution >= 4 is 28.5 Å². The monoisotopic (exact) mass is 466 g/mol. The van der Waals surface area contributed by atoms with Crippen LogP contribution in [0.4, 0.5) is 5.82 Å². The lowest BCUT2D eigenvalue weighted by atomic mass is 9.87. The third-order valence-corrected chi connectivity index (χ3v) is 6.49. The van der Waals surface area contributed by atoms with Gasteiger partial charge in [0.25, 0.3) is 0 Å². The number of fused-ring (bicyclic) bond motifs is 4. The molecule has 0 bridgehead atoms. The Bertz CT molecular complexity index is 1460. The smallest absolute Gasteiger partial charge is 0.248 e. The predicted octanol–water partition coefficient (Wildman–Crippen LogP) is 3.96. The molecule has 0 saturated carbocycles. The van der Waals surface area contributed by atoms with E-state index in [9.17, 15) is 9.59 Å². The first-order valence-corrected chi connectivity index (χ1v) is 11.3. The molecule has 174 valence electrons. The van der Waals surface area contributed by atoms with Crippen LogP contribution >= 0.6 is 0 Å². The lowest BCUT2D eigenvalue weighted by molar-refractivity contribution is -0.137. The molecule has 2 aliphatic heterocycles. The predicted molar refractivity (Wildman–Crippen MR) is 130 cm³/mol. The molecular weight excluding hydrogens is 444 g/mol. The van der Waals surface area contributed by atoms with Crippen LogP contribution in [-0.4, -0.2) is 39.5 Å². The number of aromatic amines is 1. The highest BCUT2D eigenvalue weighted by atomic mass is 16.7. The van der Waals surface area contributed by atoms with Crippen molar-refractivity contribution in [3.63, 3.8) is 0 Å². The zero-order valence-corrected chi connectivity index (χ0v) is 18.7. The molecule has 0 saturated heterocycles. The maximum absolute atomic E-state index is 13.6. The maximum atomic E-state index is 13.6. The van der Waals surface area contributed by atoms with E-state index in [2.05, 4.69) is 21.9 Å². The van der Waals surface area contributed by atoms with E-state index in [0.29, 0.717) is 23.7 Å². The molecule has 0 spiro atoms. The molecule has 2 aliphatic rings. The normalized spacial score (nSPS) is 18.2. The minimum Gasteiger partial charge on any atom is -0.454 e. The molecule has 35 heavy (non-hydrogen) atoms. The second-order valence-electron chi connectivity index (χ2n) is 8.45. The van der Waals surface area contributed by atoms with Gasteiger partial charge in [0.05, 0.1) is 6.04 Å². The molecule has 0 fully saturated rings. The molecule has 0 unspecified atom stereocenters. The van der Waals surface area contributed by atoms with E-state index in [-0.39, 0.29) is 18.6 Å². The number of carbonyl (C=O) groups excluding carboxylic acids is 2. The summed E-state index contributed by atoms with van der Waals surface area (Å²) in [6.07, 6.45) is 3.20. The van der Waals surface area contributed by atoms with E-state index < -0.39 is 12.1 Å². The number of H-pyrrole nitrogens is 1. The van der Waals surface area contributed by atoms with Gasteiger partial charge in [0.1, 0.15) is 11.9 Å². The Hall–Kier alpha value is -4.59. The summed E-state index contributed by atoms with van der Waals surface area (Å²) in [4.78, 5) is 36.2. The first kappa shape index (κ1) is 21.0. The molecule has 8 nitrogen and oxygen atoms in total. The second-order valence-corrected chi connectivity index (χ2v) is 8.45. The molecule has 8 heteroatoms. The molecule has 0 radical (unpaired) electrons. The van der Waals surface area contributed by atoms with E-state index in [1.165, 1.54) is 6.08 Å². The fourth-order valence-electron chi connectivity index (χ4n) is 4.95. The quantitative estimate of drug-likeness (QED) is 0.444. The number of aromatic nitrogens is 2. The topological polar surface area (TPSA) is 96.5 Å². The van der Waals surface area contributed by atoms with Crippen LogP contribution in [-0.2, 0) is 16.0 Å². The van der Waals surface area contributed by atoms with Gasteiger partial charge in [-0.05, 0) is 47.5 Å². The number of rotatable bonds is 4. The van der Waals surface area contributed by atoms with Crippen molar-refractivity contribution in [1.29, 1.82) is 0 Å². The summed E-state index contributed by atoms with van der Waals surface area (Å²) in [6.45, 7) is 3.85. The number of nitrogens with one attached hydrogen (secondary N) is 2. The maximum Gasteiger partial charge on any atom is 0.248 e. The average Bonchev–Trinajstić information content (AvgIpc) is 3.51. The van der Waals surface area contributed by atoms with Crippen molar-refractivity contribution in [1.82, 2.24) is 14.9 Å². The van der Waals surface area contributed by atoms with Crippen LogP contribution < -0.4 is 14.8 Å². The molecule has 6 rings (SSSR count). The van der Waals surface area contributed by atoms with Gasteiger partial charge < -0.3 is 24.7 Å². The van der Waals surface area contributed by atoms with E-state index in [1.54, 1.807) is 29.3 Å². The van der Waals surface area contributed by atoms with E-state index in [0.717, 1.165) is 27.7 Å². The zero-order chi connectivity index (χ0) is 23.9. The lowest BCUT2D eigenvalue weighted by Crippen LogP contribution is -2.52. The van der Waals surface area contributed by atoms with Gasteiger partial charge in [0, 0.05) is 29.2 Å². The average molecular weight is 466 g/mol. The summed E-state index contributed by atoms with van der Waals surface area (Å²) in [5.74, 6) is 1.00. The highest BCUT2D eigenvalue weighted by molar-refractivity contribution is 6.00. The van der Waals surface area contributed by atoms with E-state index in [4.69, 9.17) is 9.47 Å². The molecule has 2 atom stereocenters. The highest BCUT2D eigenvalue weighted by Gasteiger charge is 2.43. The SMILES string of the molecule is C=CC(=O)N1[C@@H](c2ccc3c(c2)OCO3)c2[nH]c3ccccc3c2C[C@H]1C(=O)Nc1ccccn1. The van der Waals surface area contributed by atoms with Crippen molar-refractivity contribution in [2.75, 3.05) is 12.1 Å². The van der Waals surface area contributed by atoms with Crippen LogP contribution in [0.2, 0.25) is 0 Å². The third-order valence-electron chi connectivity index (χ3n) is 6.49. The fraction of sp³-hybridized carbons (Fsp3) is 0.148. The van der Waals surface area contributed by atoms with Gasteiger partial charge in [0.2, 0.25) is 18.6 Å². The summed E-state index contributed by atoms with van der Waals surface area (Å²) in [6, 6.07) is 17.5. The number of para-hydroxylation sites is 1. The van der Waals surface area contributed by atoms with Gasteiger partial charge in [-0.3, -0.25) is 9.59 Å². The van der Waals surface area contributed by atoms with E-state index >= 15 is 0 Å². The molecule has 4 aromatic rings. The van der Waals surface area contributed by atoms with Crippen molar-refractivity contribution in [2.24, 2.45) is 0 Å². The number of pyridine rings is 1. The van der Waals surface area contributed by atoms with Gasteiger partial charge in [-0.2, -0.15) is 0 Å². The Labute approximate surface area is 201 Å². The summed E-state index contributed by atoms with van der Waals surface area (Å²) in [7, 11) is 0. The van der Waals surface area contributed by atoms with Gasteiger partial charge in [-0.15, -0.1) is 0 Å². The van der Waals surface area contributed by atoms with Crippen LogP contribution in [0.5, 0.6) is 11.5 Å². The third kappa shape index (κ3) is 3.50. The number of hydrogen-bond acceptors (Lipinski definition) is 5. The molecular formula is C27H22N4O4. The minimum atomic E-state index is -0.787. The van der Waals surface area contributed by atoms with Crippen LogP contribution in [0.15, 0.2) is 79.5 Å². The number of nitrogens with zero attached hydrogens (tertiary/aromatic N) is 2. The highest BCUT2D eigenvalue weighted by Crippen LogP contribution is 2.44. The van der Waals surface area contributed by atoms with E-state index in [1.807, 2.05) is 42.5 Å². The zero-order valence-electron chi connectivity index (χ0n) is 18.7. The number of benzene rings is 2. The number of ether oxygens (including phenoxy) is 2. The molecule has 2 amide bonds. The number of hydrogen-bond donors (Lipinski definition) is 2. The lowest BCUT2D eigenvalue weighted by Gasteiger charge is -2.41. The minimum absolute atomic E-state index is 0.144. The molecule has 0 aliphatic carbocycles. The Morgan fingerprint density at radius 3 is 2.74 bits per heavy atom. The molecule has 2 N–H and O–H groups in total. The molecule has 4 heterocycles. The number of amides is 2. The Morgan fingerprint density at radius 2 is 1.91 bits per heavy atom. The standard InChI is InChI=1S/C27H22N4O4/c1-2-24(32)31-20(27(33)30-23-9-5-6-12-28-23)14-18-17-7-3-4-8-19(17)29-25(18)26(31)16-10-11-21-22(13-16)35-15-34-21/h2-13,20,26,29H,1,14-15H2,(H,28,30,33)/t20-,26-/m0/s1. The van der Waals surface area contributed by atoms with Crippen LogP contribution in [0.25, 0.3) is 10.9 Å². The number of anilines is 1. The van der Waals surface area contributed by atoms with Crippen LogP contribution in [0.3, 0.4) is 0 Å². The van der Waals surface area contributed by atoms with Crippen molar-refractivity contribution in [3.8, 4) is 11.5 Å². The van der Waals surface area contributed by atoms with Crippen molar-refractivity contribution in [3.05, 3.63) is 96.3 Å². The Kier molecular flexibility index (Phi) is 4.99. The summed E-state index contributed by atoms with van der Waals surface area (Å²) in [5, 5.41) is 3.89. The Morgan fingerprint density at radius 1 is 1.09 bits per heavy atom. The van der Waals surface area contributed by atoms with Crippen molar-refractivity contribution in [2.45, 2.75) is 18.5 Å². The largest absolute Gasteiger partial charge is 0.454 e. The number of carbonyl (C=O) groups is 2. The first-order chi connectivity index (χ1) is 17.1. The molecule has 2 aromatic heterocycles. The fourth-order valence-corrected chi connectivity index (χ4v) is 4.95.